The summed E-state index contributed by atoms with van der Waals surface area (Å²) in [5, 5.41) is 3.47. The fourth-order valence-electron chi connectivity index (χ4n) is 3.65. The number of nitrogens with one attached hydrogen (secondary N) is 1. The Balaban J connectivity index is 1.89. The van der Waals surface area contributed by atoms with E-state index in [9.17, 15) is 4.79 Å². The third-order valence-corrected chi connectivity index (χ3v) is 4.80. The summed E-state index contributed by atoms with van der Waals surface area (Å²) >= 11 is 0. The largest absolute Gasteiger partial charge is 0.310 e. The zero-order valence-corrected chi connectivity index (χ0v) is 14.3. The van der Waals surface area contributed by atoms with Crippen molar-refractivity contribution in [3.63, 3.8) is 0 Å². The minimum Gasteiger partial charge on any atom is -0.310 e. The fraction of sp³-hybridized carbons (Fsp3) is 0.550. The Kier molecular flexibility index (Phi) is 5.57. The van der Waals surface area contributed by atoms with Crippen LogP contribution in [0.3, 0.4) is 0 Å². The van der Waals surface area contributed by atoms with Crippen LogP contribution in [0.25, 0.3) is 0 Å². The van der Waals surface area contributed by atoms with Gasteiger partial charge in [-0.05, 0) is 30.2 Å². The van der Waals surface area contributed by atoms with E-state index in [-0.39, 0.29) is 17.4 Å². The van der Waals surface area contributed by atoms with Crippen molar-refractivity contribution in [2.45, 2.75) is 53.1 Å². The Hall–Kier alpha value is -1.41. The van der Waals surface area contributed by atoms with Crippen molar-refractivity contribution in [3.05, 3.63) is 48.0 Å². The van der Waals surface area contributed by atoms with Crippen LogP contribution < -0.4 is 5.32 Å². The molecule has 0 aromatic heterocycles. The zero-order valence-electron chi connectivity index (χ0n) is 14.3. The molecule has 2 heteroatoms. The van der Waals surface area contributed by atoms with Crippen molar-refractivity contribution in [1.29, 1.82) is 0 Å². The number of hydrogen-bond donors (Lipinski definition) is 1. The van der Waals surface area contributed by atoms with E-state index in [0.29, 0.717) is 18.1 Å². The van der Waals surface area contributed by atoms with Gasteiger partial charge in [0.25, 0.3) is 0 Å². The lowest BCUT2D eigenvalue weighted by Crippen LogP contribution is -2.40. The van der Waals surface area contributed by atoms with E-state index < -0.39 is 0 Å². The van der Waals surface area contributed by atoms with E-state index in [1.54, 1.807) is 0 Å². The molecule has 0 spiro atoms. The Morgan fingerprint density at radius 1 is 1.32 bits per heavy atom. The van der Waals surface area contributed by atoms with Gasteiger partial charge in [0.15, 0.2) is 0 Å². The fourth-order valence-corrected chi connectivity index (χ4v) is 3.65. The summed E-state index contributed by atoms with van der Waals surface area (Å²) in [6.45, 7) is 9.53. The Morgan fingerprint density at radius 3 is 2.64 bits per heavy atom. The zero-order chi connectivity index (χ0) is 16.2. The van der Waals surface area contributed by atoms with Crippen molar-refractivity contribution < 1.29 is 4.79 Å². The van der Waals surface area contributed by atoms with Crippen LogP contribution >= 0.6 is 0 Å². The SMILES string of the molecule is C[C@H](CC(=O)[C@@H]1[C@H](C)C=CCC1(C)C)NCc1ccccc1. The second kappa shape index (κ2) is 7.23. The molecule has 120 valence electrons. The van der Waals surface area contributed by atoms with Gasteiger partial charge in [-0.2, -0.15) is 0 Å². The van der Waals surface area contributed by atoms with Crippen LogP contribution in [0, 0.1) is 17.3 Å². The van der Waals surface area contributed by atoms with Crippen LogP contribution in [0.5, 0.6) is 0 Å². The molecular weight excluding hydrogens is 270 g/mol. The predicted molar refractivity (Wildman–Crippen MR) is 92.6 cm³/mol. The molecule has 0 radical (unpaired) electrons. The van der Waals surface area contributed by atoms with Crippen LogP contribution in [0.1, 0.15) is 46.1 Å². The molecule has 0 aliphatic heterocycles. The van der Waals surface area contributed by atoms with Crippen LogP contribution in [0.15, 0.2) is 42.5 Å². The van der Waals surface area contributed by atoms with E-state index in [0.717, 1.165) is 13.0 Å². The first kappa shape index (κ1) is 17.0. The summed E-state index contributed by atoms with van der Waals surface area (Å²) in [5.74, 6) is 0.881. The summed E-state index contributed by atoms with van der Waals surface area (Å²) in [5.41, 5.74) is 1.33. The van der Waals surface area contributed by atoms with Crippen molar-refractivity contribution in [2.24, 2.45) is 17.3 Å². The smallest absolute Gasteiger partial charge is 0.138 e. The standard InChI is InChI=1S/C20H29NO/c1-15-9-8-12-20(3,4)19(15)18(22)13-16(2)21-14-17-10-6-5-7-11-17/h5-11,15-16,19,21H,12-14H2,1-4H3/t15-,16-,19+/m1/s1. The molecule has 0 amide bonds. The lowest BCUT2D eigenvalue weighted by molar-refractivity contribution is -0.128. The normalized spacial score (nSPS) is 24.9. The summed E-state index contributed by atoms with van der Waals surface area (Å²) < 4.78 is 0. The number of carbonyl (C=O) groups is 1. The van der Waals surface area contributed by atoms with Gasteiger partial charge in [-0.3, -0.25) is 4.79 Å². The number of benzene rings is 1. The van der Waals surface area contributed by atoms with Crippen LogP contribution in [-0.2, 0) is 11.3 Å². The number of hydrogen-bond acceptors (Lipinski definition) is 2. The Labute approximate surface area is 135 Å². The van der Waals surface area contributed by atoms with Crippen LogP contribution in [0.4, 0.5) is 0 Å². The van der Waals surface area contributed by atoms with Crippen LogP contribution in [0.2, 0.25) is 0 Å². The lowest BCUT2D eigenvalue weighted by atomic mass is 9.65. The highest BCUT2D eigenvalue weighted by Crippen LogP contribution is 2.41. The van der Waals surface area contributed by atoms with E-state index in [4.69, 9.17) is 0 Å². The van der Waals surface area contributed by atoms with Crippen LogP contribution in [-0.4, -0.2) is 11.8 Å². The maximum Gasteiger partial charge on any atom is 0.138 e. The molecule has 1 aromatic rings. The summed E-state index contributed by atoms with van der Waals surface area (Å²) in [6.07, 6.45) is 6.04. The molecule has 2 rings (SSSR count). The molecule has 0 bridgehead atoms. The topological polar surface area (TPSA) is 29.1 Å². The van der Waals surface area contributed by atoms with Crippen molar-refractivity contribution in [2.75, 3.05) is 0 Å². The van der Waals surface area contributed by atoms with Gasteiger partial charge in [-0.15, -0.1) is 0 Å². The van der Waals surface area contributed by atoms with Gasteiger partial charge in [-0.1, -0.05) is 63.3 Å². The number of allylic oxidation sites excluding steroid dienone is 2. The number of ketones is 1. The molecule has 1 aliphatic rings. The minimum atomic E-state index is 0.0738. The first-order chi connectivity index (χ1) is 10.4. The van der Waals surface area contributed by atoms with Gasteiger partial charge < -0.3 is 5.32 Å². The van der Waals surface area contributed by atoms with Gasteiger partial charge in [-0.25, -0.2) is 0 Å². The number of carbonyl (C=O) groups excluding carboxylic acids is 1. The van der Waals surface area contributed by atoms with E-state index in [1.165, 1.54) is 5.56 Å². The summed E-state index contributed by atoms with van der Waals surface area (Å²) in [4.78, 5) is 12.8. The molecule has 22 heavy (non-hydrogen) atoms. The second-order valence-corrected chi connectivity index (χ2v) is 7.40. The van der Waals surface area contributed by atoms with Gasteiger partial charge in [0.1, 0.15) is 5.78 Å². The van der Waals surface area contributed by atoms with Crippen molar-refractivity contribution >= 4 is 5.78 Å². The van der Waals surface area contributed by atoms with Gasteiger partial charge in [0.2, 0.25) is 0 Å². The molecule has 3 atom stereocenters. The molecule has 0 saturated carbocycles. The predicted octanol–water partition coefficient (Wildman–Crippen LogP) is 4.36. The highest BCUT2D eigenvalue weighted by atomic mass is 16.1. The average Bonchev–Trinajstić information content (AvgIpc) is 2.45. The first-order valence-corrected chi connectivity index (χ1v) is 8.37. The first-order valence-electron chi connectivity index (χ1n) is 8.37. The number of Topliss-reactive ketones (excluding diaryl/α,β-unsaturated/α-hetero) is 1. The third kappa shape index (κ3) is 4.30. The Bertz CT molecular complexity index is 518. The average molecular weight is 299 g/mol. The van der Waals surface area contributed by atoms with Crippen molar-refractivity contribution in [3.8, 4) is 0 Å². The van der Waals surface area contributed by atoms with E-state index in [2.05, 4.69) is 57.3 Å². The van der Waals surface area contributed by atoms with E-state index >= 15 is 0 Å². The molecular formula is C20H29NO. The van der Waals surface area contributed by atoms with Gasteiger partial charge in [0.05, 0.1) is 0 Å². The highest BCUT2D eigenvalue weighted by Gasteiger charge is 2.39. The molecule has 1 N–H and O–H groups in total. The van der Waals surface area contributed by atoms with Gasteiger partial charge >= 0.3 is 0 Å². The van der Waals surface area contributed by atoms with Crippen molar-refractivity contribution in [1.82, 2.24) is 5.32 Å². The second-order valence-electron chi connectivity index (χ2n) is 7.40. The van der Waals surface area contributed by atoms with E-state index in [1.807, 2.05) is 18.2 Å². The summed E-state index contributed by atoms with van der Waals surface area (Å²) in [6, 6.07) is 10.5. The molecule has 0 heterocycles. The molecule has 0 unspecified atom stereocenters. The lowest BCUT2D eigenvalue weighted by Gasteiger charge is -2.39. The molecule has 1 aromatic carbocycles. The maximum absolute atomic E-state index is 12.8. The quantitative estimate of drug-likeness (QED) is 0.791. The Morgan fingerprint density at radius 2 is 2.00 bits per heavy atom. The number of rotatable bonds is 6. The molecule has 0 fully saturated rings. The molecule has 2 nitrogen and oxygen atoms in total. The van der Waals surface area contributed by atoms with Gasteiger partial charge in [0, 0.05) is 24.9 Å². The monoisotopic (exact) mass is 299 g/mol. The maximum atomic E-state index is 12.8. The summed E-state index contributed by atoms with van der Waals surface area (Å²) in [7, 11) is 0. The molecule has 0 saturated heterocycles. The minimum absolute atomic E-state index is 0.0738. The molecule has 1 aliphatic carbocycles. The third-order valence-electron chi connectivity index (χ3n) is 4.80. The highest BCUT2D eigenvalue weighted by molar-refractivity contribution is 5.83.